The van der Waals surface area contributed by atoms with Gasteiger partial charge in [0.15, 0.2) is 10.3 Å². The molecule has 2 heterocycles. The van der Waals surface area contributed by atoms with Crippen LogP contribution < -0.4 is 10.1 Å². The third kappa shape index (κ3) is 4.51. The highest BCUT2D eigenvalue weighted by Gasteiger charge is 2.15. The molecule has 0 atom stereocenters. The summed E-state index contributed by atoms with van der Waals surface area (Å²) >= 11 is 6.98. The fraction of sp³-hybridized carbons (Fsp3) is 0.0714. The van der Waals surface area contributed by atoms with Crippen LogP contribution in [0.25, 0.3) is 0 Å². The SMILES string of the molecule is O=C1CSC(=NN=Cc2ccc(Oc3ccc(Cl)nn3)cc2)N1. The van der Waals surface area contributed by atoms with Gasteiger partial charge in [-0.1, -0.05) is 23.4 Å². The van der Waals surface area contributed by atoms with E-state index in [1.165, 1.54) is 11.8 Å². The maximum absolute atomic E-state index is 11.0. The Hall–Kier alpha value is -2.45. The molecule has 1 amide bonds. The summed E-state index contributed by atoms with van der Waals surface area (Å²) in [6.45, 7) is 0. The fourth-order valence-corrected chi connectivity index (χ4v) is 2.36. The second kappa shape index (κ2) is 7.21. The van der Waals surface area contributed by atoms with Gasteiger partial charge in [-0.2, -0.15) is 5.10 Å². The maximum atomic E-state index is 11.0. The Labute approximate surface area is 140 Å². The van der Waals surface area contributed by atoms with Gasteiger partial charge in [-0.25, -0.2) is 0 Å². The van der Waals surface area contributed by atoms with Gasteiger partial charge in [-0.15, -0.1) is 15.3 Å². The summed E-state index contributed by atoms with van der Waals surface area (Å²) in [6, 6.07) is 10.4. The first-order valence-electron chi connectivity index (χ1n) is 6.50. The van der Waals surface area contributed by atoms with Gasteiger partial charge < -0.3 is 10.1 Å². The van der Waals surface area contributed by atoms with Gasteiger partial charge in [0, 0.05) is 6.07 Å². The summed E-state index contributed by atoms with van der Waals surface area (Å²) in [5, 5.41) is 18.8. The molecular formula is C14H10ClN5O2S. The molecule has 7 nitrogen and oxygen atoms in total. The summed E-state index contributed by atoms with van der Waals surface area (Å²) < 4.78 is 5.53. The van der Waals surface area contributed by atoms with Gasteiger partial charge in [0.05, 0.1) is 12.0 Å². The van der Waals surface area contributed by atoms with Crippen LogP contribution in [0.15, 0.2) is 46.6 Å². The van der Waals surface area contributed by atoms with Crippen LogP contribution in [-0.4, -0.2) is 33.2 Å². The van der Waals surface area contributed by atoms with Crippen molar-refractivity contribution in [2.45, 2.75) is 0 Å². The minimum atomic E-state index is -0.0595. The molecular weight excluding hydrogens is 338 g/mol. The van der Waals surface area contributed by atoms with Gasteiger partial charge >= 0.3 is 0 Å². The molecule has 1 aliphatic rings. The van der Waals surface area contributed by atoms with E-state index in [9.17, 15) is 4.79 Å². The molecule has 0 bridgehead atoms. The van der Waals surface area contributed by atoms with Crippen molar-refractivity contribution >= 4 is 40.7 Å². The molecule has 0 spiro atoms. The zero-order valence-electron chi connectivity index (χ0n) is 11.6. The number of carbonyl (C=O) groups is 1. The zero-order valence-corrected chi connectivity index (χ0v) is 13.2. The number of amidine groups is 1. The number of rotatable bonds is 4. The molecule has 1 aromatic heterocycles. The third-order valence-electron chi connectivity index (χ3n) is 2.65. The number of aromatic nitrogens is 2. The number of amides is 1. The third-order valence-corrected chi connectivity index (χ3v) is 3.72. The Morgan fingerprint density at radius 3 is 2.70 bits per heavy atom. The lowest BCUT2D eigenvalue weighted by Gasteiger charge is -2.03. The topological polar surface area (TPSA) is 88.8 Å². The molecule has 9 heteroatoms. The molecule has 1 fully saturated rings. The van der Waals surface area contributed by atoms with Crippen LogP contribution in [0.5, 0.6) is 11.6 Å². The smallest absolute Gasteiger partial charge is 0.238 e. The van der Waals surface area contributed by atoms with E-state index >= 15 is 0 Å². The number of hydrogen-bond acceptors (Lipinski definition) is 7. The molecule has 0 aliphatic carbocycles. The standard InChI is InChI=1S/C14H10ClN5O2S/c15-11-5-6-13(19-18-11)22-10-3-1-9(2-4-10)7-16-20-14-17-12(21)8-23-14/h1-7H,8H2,(H,17,20,21). The second-order valence-corrected chi connectivity index (χ2v) is 5.70. The van der Waals surface area contributed by atoms with Crippen LogP contribution in [0.2, 0.25) is 5.15 Å². The number of nitrogens with one attached hydrogen (secondary N) is 1. The first-order chi connectivity index (χ1) is 11.2. The van der Waals surface area contributed by atoms with Crippen molar-refractivity contribution in [2.24, 2.45) is 10.2 Å². The first kappa shape index (κ1) is 15.4. The lowest BCUT2D eigenvalue weighted by atomic mass is 10.2. The Balaban J connectivity index is 1.60. The van der Waals surface area contributed by atoms with Crippen LogP contribution in [0.1, 0.15) is 5.56 Å². The van der Waals surface area contributed by atoms with E-state index in [-0.39, 0.29) is 5.91 Å². The van der Waals surface area contributed by atoms with Gasteiger partial charge in [0.25, 0.3) is 0 Å². The van der Waals surface area contributed by atoms with E-state index in [2.05, 4.69) is 25.7 Å². The number of ether oxygens (including phenoxy) is 1. The summed E-state index contributed by atoms with van der Waals surface area (Å²) in [7, 11) is 0. The summed E-state index contributed by atoms with van der Waals surface area (Å²) in [6.07, 6.45) is 1.59. The number of carbonyl (C=O) groups excluding carboxylic acids is 1. The van der Waals surface area contributed by atoms with E-state index in [4.69, 9.17) is 16.3 Å². The molecule has 1 aromatic carbocycles. The highest BCUT2D eigenvalue weighted by Crippen LogP contribution is 2.19. The summed E-state index contributed by atoms with van der Waals surface area (Å²) in [4.78, 5) is 11.0. The molecule has 116 valence electrons. The number of hydrogen-bond donors (Lipinski definition) is 1. The van der Waals surface area contributed by atoms with Crippen molar-refractivity contribution in [1.82, 2.24) is 15.5 Å². The number of nitrogens with zero attached hydrogens (tertiary/aromatic N) is 4. The van der Waals surface area contributed by atoms with Crippen LogP contribution in [0.4, 0.5) is 0 Å². The lowest BCUT2D eigenvalue weighted by Crippen LogP contribution is -2.19. The van der Waals surface area contributed by atoms with E-state index in [0.717, 1.165) is 5.56 Å². The molecule has 1 saturated heterocycles. The number of benzene rings is 1. The Bertz CT molecular complexity index is 762. The van der Waals surface area contributed by atoms with Crippen LogP contribution in [0, 0.1) is 0 Å². The Morgan fingerprint density at radius 2 is 2.04 bits per heavy atom. The molecule has 0 saturated carbocycles. The van der Waals surface area contributed by atoms with Crippen LogP contribution in [-0.2, 0) is 4.79 Å². The van der Waals surface area contributed by atoms with Crippen LogP contribution >= 0.6 is 23.4 Å². The predicted molar refractivity (Wildman–Crippen MR) is 89.2 cm³/mol. The molecule has 0 unspecified atom stereocenters. The minimum absolute atomic E-state index is 0.0595. The Morgan fingerprint density at radius 1 is 1.22 bits per heavy atom. The minimum Gasteiger partial charge on any atom is -0.438 e. The van der Waals surface area contributed by atoms with E-state index < -0.39 is 0 Å². The Kier molecular flexibility index (Phi) is 4.84. The van der Waals surface area contributed by atoms with Gasteiger partial charge in [-0.05, 0) is 35.9 Å². The molecule has 23 heavy (non-hydrogen) atoms. The number of thioether (sulfide) groups is 1. The van der Waals surface area contributed by atoms with Crippen molar-refractivity contribution in [3.8, 4) is 11.6 Å². The molecule has 0 radical (unpaired) electrons. The molecule has 3 rings (SSSR count). The first-order valence-corrected chi connectivity index (χ1v) is 7.86. The predicted octanol–water partition coefficient (Wildman–Crippen LogP) is 2.48. The fourth-order valence-electron chi connectivity index (χ4n) is 1.63. The maximum Gasteiger partial charge on any atom is 0.238 e. The largest absolute Gasteiger partial charge is 0.438 e. The van der Waals surface area contributed by atoms with Gasteiger partial charge in [0.2, 0.25) is 11.8 Å². The van der Waals surface area contributed by atoms with Gasteiger partial charge in [-0.3, -0.25) is 4.79 Å². The normalized spacial score (nSPS) is 16.0. The summed E-state index contributed by atoms with van der Waals surface area (Å²) in [5.41, 5.74) is 0.846. The van der Waals surface area contributed by atoms with E-state index in [1.54, 1.807) is 30.5 Å². The van der Waals surface area contributed by atoms with Crippen molar-refractivity contribution in [3.63, 3.8) is 0 Å². The molecule has 1 aliphatic heterocycles. The molecule has 2 aromatic rings. The van der Waals surface area contributed by atoms with E-state index in [1.807, 2.05) is 12.1 Å². The monoisotopic (exact) mass is 347 g/mol. The van der Waals surface area contributed by atoms with Crippen molar-refractivity contribution in [1.29, 1.82) is 0 Å². The average Bonchev–Trinajstić information content (AvgIpc) is 2.97. The van der Waals surface area contributed by atoms with Crippen LogP contribution in [0.3, 0.4) is 0 Å². The summed E-state index contributed by atoms with van der Waals surface area (Å²) in [5.74, 6) is 1.30. The number of halogens is 1. The lowest BCUT2D eigenvalue weighted by molar-refractivity contribution is -0.116. The highest BCUT2D eigenvalue weighted by molar-refractivity contribution is 8.15. The highest BCUT2D eigenvalue weighted by atomic mass is 35.5. The molecule has 1 N–H and O–H groups in total. The van der Waals surface area contributed by atoms with Gasteiger partial charge in [0.1, 0.15) is 5.75 Å². The zero-order chi connectivity index (χ0) is 16.1. The quantitative estimate of drug-likeness (QED) is 0.678. The van der Waals surface area contributed by atoms with Crippen molar-refractivity contribution in [2.75, 3.05) is 5.75 Å². The second-order valence-electron chi connectivity index (χ2n) is 4.35. The van der Waals surface area contributed by atoms with E-state index in [0.29, 0.717) is 27.7 Å². The van der Waals surface area contributed by atoms with Crippen molar-refractivity contribution in [3.05, 3.63) is 47.1 Å². The van der Waals surface area contributed by atoms with Crippen molar-refractivity contribution < 1.29 is 9.53 Å². The average molecular weight is 348 g/mol.